The van der Waals surface area contributed by atoms with Crippen molar-refractivity contribution >= 4 is 32.7 Å². The molecule has 108 valence electrons. The lowest BCUT2D eigenvalue weighted by Gasteiger charge is -2.25. The quantitative estimate of drug-likeness (QED) is 0.785. The van der Waals surface area contributed by atoms with Gasteiger partial charge in [0.2, 0.25) is 0 Å². The number of amides is 1. The van der Waals surface area contributed by atoms with Gasteiger partial charge in [0, 0.05) is 30.4 Å². The molecule has 1 amide bonds. The molecule has 0 atom stereocenters. The molecule has 0 aliphatic heterocycles. The van der Waals surface area contributed by atoms with Gasteiger partial charge in [-0.05, 0) is 26.3 Å². The Morgan fingerprint density at radius 3 is 2.75 bits per heavy atom. The molecule has 20 heavy (non-hydrogen) atoms. The molecule has 0 N–H and O–H groups in total. The minimum absolute atomic E-state index is 0.0118. The van der Waals surface area contributed by atoms with E-state index in [0.717, 1.165) is 29.2 Å². The van der Waals surface area contributed by atoms with Gasteiger partial charge < -0.3 is 4.90 Å². The van der Waals surface area contributed by atoms with Gasteiger partial charge in [0.25, 0.3) is 5.91 Å². The van der Waals surface area contributed by atoms with E-state index >= 15 is 0 Å². The summed E-state index contributed by atoms with van der Waals surface area (Å²) in [5.74, 6) is 0.0118. The van der Waals surface area contributed by atoms with E-state index < -0.39 is 0 Å². The van der Waals surface area contributed by atoms with E-state index in [0.29, 0.717) is 5.69 Å². The minimum atomic E-state index is 0.0118. The molecule has 0 saturated carbocycles. The van der Waals surface area contributed by atoms with Crippen molar-refractivity contribution in [2.75, 3.05) is 11.9 Å². The van der Waals surface area contributed by atoms with Crippen molar-refractivity contribution in [3.05, 3.63) is 30.0 Å². The van der Waals surface area contributed by atoms with Crippen molar-refractivity contribution in [3.63, 3.8) is 0 Å². The van der Waals surface area contributed by atoms with Crippen LogP contribution in [0.3, 0.4) is 0 Å². The zero-order valence-electron chi connectivity index (χ0n) is 12.1. The number of rotatable bonds is 5. The van der Waals surface area contributed by atoms with Gasteiger partial charge in [0.1, 0.15) is 0 Å². The number of aryl methyl sites for hydroxylation is 1. The first-order chi connectivity index (χ1) is 9.56. The minimum Gasteiger partial charge on any atom is -0.335 e. The van der Waals surface area contributed by atoms with E-state index in [1.165, 1.54) is 0 Å². The highest BCUT2D eigenvalue weighted by molar-refractivity contribution is 9.09. The van der Waals surface area contributed by atoms with Crippen LogP contribution in [-0.4, -0.2) is 38.5 Å². The molecule has 0 aliphatic rings. The monoisotopic (exact) mass is 337 g/mol. The SMILES string of the molecule is CC(C)N(CCCBr)C(=O)c1nn(C)c2ccccc12. The van der Waals surface area contributed by atoms with E-state index in [1.54, 1.807) is 4.68 Å². The van der Waals surface area contributed by atoms with Crippen LogP contribution in [0.15, 0.2) is 24.3 Å². The van der Waals surface area contributed by atoms with Gasteiger partial charge in [-0.3, -0.25) is 9.48 Å². The molecule has 5 heteroatoms. The molecule has 0 spiro atoms. The Labute approximate surface area is 127 Å². The fraction of sp³-hybridized carbons (Fsp3) is 0.467. The average molecular weight is 338 g/mol. The molecule has 1 aromatic carbocycles. The Morgan fingerprint density at radius 1 is 1.40 bits per heavy atom. The molecule has 0 saturated heterocycles. The van der Waals surface area contributed by atoms with E-state index in [-0.39, 0.29) is 11.9 Å². The van der Waals surface area contributed by atoms with Gasteiger partial charge in [-0.1, -0.05) is 34.1 Å². The molecule has 2 rings (SSSR count). The summed E-state index contributed by atoms with van der Waals surface area (Å²) in [6.07, 6.45) is 0.939. The predicted molar refractivity (Wildman–Crippen MR) is 85.3 cm³/mol. The maximum Gasteiger partial charge on any atom is 0.275 e. The number of halogens is 1. The Balaban J connectivity index is 2.39. The summed E-state index contributed by atoms with van der Waals surface area (Å²) in [4.78, 5) is 14.6. The maximum atomic E-state index is 12.8. The second-order valence-electron chi connectivity index (χ2n) is 5.12. The number of aromatic nitrogens is 2. The van der Waals surface area contributed by atoms with E-state index in [1.807, 2.05) is 50.1 Å². The molecule has 1 aromatic heterocycles. The average Bonchev–Trinajstić information content (AvgIpc) is 2.77. The van der Waals surface area contributed by atoms with Crippen molar-refractivity contribution in [3.8, 4) is 0 Å². The van der Waals surface area contributed by atoms with Crippen LogP contribution in [0.4, 0.5) is 0 Å². The first kappa shape index (κ1) is 15.0. The smallest absolute Gasteiger partial charge is 0.275 e. The number of fused-ring (bicyclic) bond motifs is 1. The van der Waals surface area contributed by atoms with Gasteiger partial charge in [-0.25, -0.2) is 0 Å². The van der Waals surface area contributed by atoms with Crippen LogP contribution in [0.5, 0.6) is 0 Å². The zero-order valence-corrected chi connectivity index (χ0v) is 13.7. The van der Waals surface area contributed by atoms with Crippen LogP contribution in [0, 0.1) is 0 Å². The number of alkyl halides is 1. The number of hydrogen-bond acceptors (Lipinski definition) is 2. The van der Waals surface area contributed by atoms with E-state index in [9.17, 15) is 4.79 Å². The maximum absolute atomic E-state index is 12.8. The number of para-hydroxylation sites is 1. The third-order valence-corrected chi connectivity index (χ3v) is 3.94. The molecule has 0 bridgehead atoms. The number of carbonyl (C=O) groups is 1. The van der Waals surface area contributed by atoms with Crippen molar-refractivity contribution in [2.45, 2.75) is 26.3 Å². The standard InChI is InChI=1S/C15H20BrN3O/c1-11(2)19(10-6-9-16)15(20)14-12-7-4-5-8-13(12)18(3)17-14/h4-5,7-8,11H,6,9-10H2,1-3H3. The highest BCUT2D eigenvalue weighted by atomic mass is 79.9. The van der Waals surface area contributed by atoms with Crippen LogP contribution in [0.2, 0.25) is 0 Å². The largest absolute Gasteiger partial charge is 0.335 e. The van der Waals surface area contributed by atoms with Gasteiger partial charge in [-0.15, -0.1) is 0 Å². The molecular formula is C15H20BrN3O. The Bertz CT molecular complexity index is 606. The Kier molecular flexibility index (Phi) is 4.81. The van der Waals surface area contributed by atoms with Gasteiger partial charge >= 0.3 is 0 Å². The fourth-order valence-electron chi connectivity index (χ4n) is 2.33. The van der Waals surface area contributed by atoms with Gasteiger partial charge in [0.15, 0.2) is 5.69 Å². The third-order valence-electron chi connectivity index (χ3n) is 3.38. The molecule has 2 aromatic rings. The third kappa shape index (κ3) is 2.87. The fourth-order valence-corrected chi connectivity index (χ4v) is 2.58. The highest BCUT2D eigenvalue weighted by Gasteiger charge is 2.23. The summed E-state index contributed by atoms with van der Waals surface area (Å²) in [6, 6.07) is 8.01. The highest BCUT2D eigenvalue weighted by Crippen LogP contribution is 2.20. The molecular weight excluding hydrogens is 318 g/mol. The molecule has 0 radical (unpaired) electrons. The van der Waals surface area contributed by atoms with Crippen molar-refractivity contribution in [1.29, 1.82) is 0 Å². The van der Waals surface area contributed by atoms with Gasteiger partial charge in [0.05, 0.1) is 5.52 Å². The zero-order chi connectivity index (χ0) is 14.7. The van der Waals surface area contributed by atoms with Crippen LogP contribution >= 0.6 is 15.9 Å². The molecule has 0 fully saturated rings. The normalized spacial score (nSPS) is 11.2. The van der Waals surface area contributed by atoms with Crippen LogP contribution < -0.4 is 0 Å². The van der Waals surface area contributed by atoms with Crippen LogP contribution in [-0.2, 0) is 7.05 Å². The number of benzene rings is 1. The van der Waals surface area contributed by atoms with Crippen LogP contribution in [0.1, 0.15) is 30.8 Å². The summed E-state index contributed by atoms with van der Waals surface area (Å²) in [7, 11) is 1.87. The summed E-state index contributed by atoms with van der Waals surface area (Å²) in [5.41, 5.74) is 1.53. The Hall–Kier alpha value is -1.36. The number of hydrogen-bond donors (Lipinski definition) is 0. The summed E-state index contributed by atoms with van der Waals surface area (Å²) in [5, 5.41) is 6.23. The second kappa shape index (κ2) is 6.39. The lowest BCUT2D eigenvalue weighted by Crippen LogP contribution is -2.38. The van der Waals surface area contributed by atoms with E-state index in [4.69, 9.17) is 0 Å². The lowest BCUT2D eigenvalue weighted by atomic mass is 10.1. The molecule has 1 heterocycles. The summed E-state index contributed by atoms with van der Waals surface area (Å²) >= 11 is 3.42. The second-order valence-corrected chi connectivity index (χ2v) is 5.92. The predicted octanol–water partition coefficient (Wildman–Crippen LogP) is 3.21. The topological polar surface area (TPSA) is 38.1 Å². The van der Waals surface area contributed by atoms with Crippen LogP contribution in [0.25, 0.3) is 10.9 Å². The first-order valence-electron chi connectivity index (χ1n) is 6.85. The first-order valence-corrected chi connectivity index (χ1v) is 7.97. The van der Waals surface area contributed by atoms with Crippen molar-refractivity contribution < 1.29 is 4.79 Å². The molecule has 4 nitrogen and oxygen atoms in total. The number of nitrogens with zero attached hydrogens (tertiary/aromatic N) is 3. The summed E-state index contributed by atoms with van der Waals surface area (Å²) in [6.45, 7) is 4.82. The van der Waals surface area contributed by atoms with Crippen molar-refractivity contribution in [2.24, 2.45) is 7.05 Å². The molecule has 0 unspecified atom stereocenters. The van der Waals surface area contributed by atoms with E-state index in [2.05, 4.69) is 21.0 Å². The Morgan fingerprint density at radius 2 is 2.10 bits per heavy atom. The van der Waals surface area contributed by atoms with Gasteiger partial charge in [-0.2, -0.15) is 5.10 Å². The lowest BCUT2D eigenvalue weighted by molar-refractivity contribution is 0.0702. The summed E-state index contributed by atoms with van der Waals surface area (Å²) < 4.78 is 1.77. The number of carbonyl (C=O) groups excluding carboxylic acids is 1. The van der Waals surface area contributed by atoms with Crippen molar-refractivity contribution in [1.82, 2.24) is 14.7 Å². The molecule has 0 aliphatic carbocycles.